The van der Waals surface area contributed by atoms with Crippen molar-refractivity contribution in [2.75, 3.05) is 19.7 Å². The molecule has 1 aromatic heterocycles. The zero-order valence-electron chi connectivity index (χ0n) is 12.5. The normalized spacial score (nSPS) is 20.9. The lowest BCUT2D eigenvalue weighted by molar-refractivity contribution is -0.0453. The molecular weight excluding hydrogens is 250 g/mol. The fourth-order valence-corrected chi connectivity index (χ4v) is 2.95. The van der Waals surface area contributed by atoms with Gasteiger partial charge in [0.2, 0.25) is 0 Å². The number of nitrogens with zero attached hydrogens (tertiary/aromatic N) is 3. The lowest BCUT2D eigenvalue weighted by Gasteiger charge is -2.35. The van der Waals surface area contributed by atoms with Crippen LogP contribution in [0, 0.1) is 6.92 Å². The van der Waals surface area contributed by atoms with Gasteiger partial charge in [0.1, 0.15) is 5.82 Å². The number of rotatable bonds is 3. The van der Waals surface area contributed by atoms with E-state index in [4.69, 9.17) is 4.74 Å². The molecule has 20 heavy (non-hydrogen) atoms. The van der Waals surface area contributed by atoms with Crippen molar-refractivity contribution in [3.05, 3.63) is 30.1 Å². The third-order valence-electron chi connectivity index (χ3n) is 4.13. The van der Waals surface area contributed by atoms with Gasteiger partial charge in [-0.15, -0.1) is 0 Å². The molecule has 0 bridgehead atoms. The maximum absolute atomic E-state index is 5.95. The first-order valence-electron chi connectivity index (χ1n) is 7.42. The summed E-state index contributed by atoms with van der Waals surface area (Å²) in [4.78, 5) is 7.12. The number of ether oxygens (including phenoxy) is 1. The van der Waals surface area contributed by atoms with Crippen LogP contribution >= 0.6 is 0 Å². The molecule has 1 saturated heterocycles. The van der Waals surface area contributed by atoms with Gasteiger partial charge in [0, 0.05) is 19.1 Å². The van der Waals surface area contributed by atoms with Crippen molar-refractivity contribution in [1.82, 2.24) is 14.5 Å². The number of morpholine rings is 1. The number of aryl methyl sites for hydroxylation is 1. The summed E-state index contributed by atoms with van der Waals surface area (Å²) in [6.07, 6.45) is 0.252. The molecule has 1 aromatic carbocycles. The smallest absolute Gasteiger partial charge is 0.106 e. The molecule has 0 radical (unpaired) electrons. The molecule has 1 aliphatic heterocycles. The van der Waals surface area contributed by atoms with Gasteiger partial charge in [-0.2, -0.15) is 0 Å². The fourth-order valence-electron chi connectivity index (χ4n) is 2.95. The van der Waals surface area contributed by atoms with E-state index in [0.717, 1.165) is 37.6 Å². The van der Waals surface area contributed by atoms with Gasteiger partial charge >= 0.3 is 0 Å². The van der Waals surface area contributed by atoms with Crippen LogP contribution in [-0.2, 0) is 11.3 Å². The minimum Gasteiger partial charge on any atom is -0.374 e. The van der Waals surface area contributed by atoms with Crippen LogP contribution in [-0.4, -0.2) is 46.3 Å². The van der Waals surface area contributed by atoms with Crippen LogP contribution < -0.4 is 0 Å². The predicted octanol–water partition coefficient (Wildman–Crippen LogP) is 2.45. The van der Waals surface area contributed by atoms with E-state index in [2.05, 4.69) is 53.4 Å². The molecule has 0 saturated carbocycles. The van der Waals surface area contributed by atoms with Gasteiger partial charge in [0.25, 0.3) is 0 Å². The Labute approximate surface area is 120 Å². The average Bonchev–Trinajstić information content (AvgIpc) is 2.76. The molecule has 2 aromatic rings. The first-order valence-corrected chi connectivity index (χ1v) is 7.42. The maximum atomic E-state index is 5.95. The van der Waals surface area contributed by atoms with Gasteiger partial charge in [-0.1, -0.05) is 12.1 Å². The maximum Gasteiger partial charge on any atom is 0.106 e. The highest BCUT2D eigenvalue weighted by Gasteiger charge is 2.23. The van der Waals surface area contributed by atoms with Crippen LogP contribution in [0.5, 0.6) is 0 Å². The van der Waals surface area contributed by atoms with E-state index in [1.165, 1.54) is 5.52 Å². The molecule has 4 heteroatoms. The SMILES string of the molecule is Cc1nc2ccccc2n1CC1CN(C(C)C)CCO1. The van der Waals surface area contributed by atoms with Crippen LogP contribution in [0.4, 0.5) is 0 Å². The Morgan fingerprint density at radius 1 is 1.35 bits per heavy atom. The zero-order chi connectivity index (χ0) is 14.1. The highest BCUT2D eigenvalue weighted by atomic mass is 16.5. The van der Waals surface area contributed by atoms with Gasteiger partial charge in [-0.25, -0.2) is 4.98 Å². The van der Waals surface area contributed by atoms with E-state index < -0.39 is 0 Å². The molecule has 0 spiro atoms. The summed E-state index contributed by atoms with van der Waals surface area (Å²) < 4.78 is 8.23. The summed E-state index contributed by atoms with van der Waals surface area (Å²) >= 11 is 0. The largest absolute Gasteiger partial charge is 0.374 e. The van der Waals surface area contributed by atoms with Crippen molar-refractivity contribution >= 4 is 11.0 Å². The highest BCUT2D eigenvalue weighted by molar-refractivity contribution is 5.75. The molecule has 3 rings (SSSR count). The van der Waals surface area contributed by atoms with E-state index >= 15 is 0 Å². The van der Waals surface area contributed by atoms with Crippen molar-refractivity contribution in [2.45, 2.75) is 39.5 Å². The summed E-state index contributed by atoms with van der Waals surface area (Å²) in [5.74, 6) is 1.07. The first-order chi connectivity index (χ1) is 9.65. The number of para-hydroxylation sites is 2. The Bertz CT molecular complexity index is 590. The number of aromatic nitrogens is 2. The summed E-state index contributed by atoms with van der Waals surface area (Å²) in [5.41, 5.74) is 2.27. The van der Waals surface area contributed by atoms with Crippen molar-refractivity contribution in [1.29, 1.82) is 0 Å². The number of hydrogen-bond acceptors (Lipinski definition) is 3. The lowest BCUT2D eigenvalue weighted by Crippen LogP contribution is -2.47. The second kappa shape index (κ2) is 5.54. The van der Waals surface area contributed by atoms with Crippen molar-refractivity contribution in [2.24, 2.45) is 0 Å². The fraction of sp³-hybridized carbons (Fsp3) is 0.562. The third kappa shape index (κ3) is 2.58. The average molecular weight is 273 g/mol. The molecule has 108 valence electrons. The Kier molecular flexibility index (Phi) is 3.76. The molecule has 1 atom stereocenters. The molecule has 0 aliphatic carbocycles. The van der Waals surface area contributed by atoms with E-state index in [9.17, 15) is 0 Å². The van der Waals surface area contributed by atoms with Crippen LogP contribution in [0.25, 0.3) is 11.0 Å². The number of imidazole rings is 1. The van der Waals surface area contributed by atoms with Gasteiger partial charge < -0.3 is 9.30 Å². The summed E-state index contributed by atoms with van der Waals surface area (Å²) in [5, 5.41) is 0. The topological polar surface area (TPSA) is 30.3 Å². The lowest BCUT2D eigenvalue weighted by atomic mass is 10.2. The van der Waals surface area contributed by atoms with Gasteiger partial charge in [-0.3, -0.25) is 4.90 Å². The molecule has 1 fully saturated rings. The second-order valence-corrected chi connectivity index (χ2v) is 5.84. The van der Waals surface area contributed by atoms with Gasteiger partial charge in [0.05, 0.1) is 30.3 Å². The highest BCUT2D eigenvalue weighted by Crippen LogP contribution is 2.18. The van der Waals surface area contributed by atoms with E-state index in [1.807, 2.05) is 6.07 Å². The summed E-state index contributed by atoms with van der Waals surface area (Å²) in [6.45, 7) is 10.3. The molecule has 0 N–H and O–H groups in total. The second-order valence-electron chi connectivity index (χ2n) is 5.84. The summed E-state index contributed by atoms with van der Waals surface area (Å²) in [6, 6.07) is 8.90. The Hall–Kier alpha value is -1.39. The molecule has 1 unspecified atom stereocenters. The van der Waals surface area contributed by atoms with Gasteiger partial charge in [-0.05, 0) is 32.9 Å². The van der Waals surface area contributed by atoms with E-state index in [1.54, 1.807) is 0 Å². The minimum absolute atomic E-state index is 0.252. The standard InChI is InChI=1S/C16H23N3O/c1-12(2)18-8-9-20-14(10-18)11-19-13(3)17-15-6-4-5-7-16(15)19/h4-7,12,14H,8-11H2,1-3H3. The number of benzene rings is 1. The third-order valence-corrected chi connectivity index (χ3v) is 4.13. The van der Waals surface area contributed by atoms with Crippen LogP contribution in [0.2, 0.25) is 0 Å². The molecule has 4 nitrogen and oxygen atoms in total. The zero-order valence-corrected chi connectivity index (χ0v) is 12.5. The molecule has 0 amide bonds. The van der Waals surface area contributed by atoms with Crippen molar-refractivity contribution < 1.29 is 4.74 Å². The molecular formula is C16H23N3O. The monoisotopic (exact) mass is 273 g/mol. The van der Waals surface area contributed by atoms with Crippen LogP contribution in [0.15, 0.2) is 24.3 Å². The summed E-state index contributed by atoms with van der Waals surface area (Å²) in [7, 11) is 0. The Morgan fingerprint density at radius 2 is 2.15 bits per heavy atom. The van der Waals surface area contributed by atoms with E-state index in [-0.39, 0.29) is 6.10 Å². The Balaban J connectivity index is 1.81. The van der Waals surface area contributed by atoms with Crippen LogP contribution in [0.3, 0.4) is 0 Å². The van der Waals surface area contributed by atoms with Crippen molar-refractivity contribution in [3.8, 4) is 0 Å². The minimum atomic E-state index is 0.252. The Morgan fingerprint density at radius 3 is 2.95 bits per heavy atom. The predicted molar refractivity (Wildman–Crippen MR) is 80.9 cm³/mol. The van der Waals surface area contributed by atoms with Crippen LogP contribution in [0.1, 0.15) is 19.7 Å². The number of fused-ring (bicyclic) bond motifs is 1. The quantitative estimate of drug-likeness (QED) is 0.860. The van der Waals surface area contributed by atoms with Gasteiger partial charge in [0.15, 0.2) is 0 Å². The first kappa shape index (κ1) is 13.6. The number of hydrogen-bond donors (Lipinski definition) is 0. The molecule has 2 heterocycles. The van der Waals surface area contributed by atoms with E-state index in [0.29, 0.717) is 6.04 Å². The van der Waals surface area contributed by atoms with Crippen molar-refractivity contribution in [3.63, 3.8) is 0 Å². The molecule has 1 aliphatic rings.